The van der Waals surface area contributed by atoms with Crippen LogP contribution in [0, 0.1) is 11.8 Å². The van der Waals surface area contributed by atoms with E-state index in [0.717, 1.165) is 0 Å². The first-order chi connectivity index (χ1) is 8.63. The molecule has 0 aliphatic rings. The van der Waals surface area contributed by atoms with E-state index in [1.54, 1.807) is 24.3 Å². The molecule has 0 spiro atoms. The SMILES string of the molecule is O=C(O)CC#Cc1ccccc1NC(=O)C=NO. The summed E-state index contributed by atoms with van der Waals surface area (Å²) < 4.78 is 0. The van der Waals surface area contributed by atoms with E-state index < -0.39 is 11.9 Å². The van der Waals surface area contributed by atoms with E-state index in [2.05, 4.69) is 22.3 Å². The van der Waals surface area contributed by atoms with E-state index in [-0.39, 0.29) is 6.42 Å². The second-order valence-electron chi connectivity index (χ2n) is 3.15. The maximum absolute atomic E-state index is 11.2. The molecule has 0 atom stereocenters. The van der Waals surface area contributed by atoms with Gasteiger partial charge in [-0.3, -0.25) is 9.59 Å². The van der Waals surface area contributed by atoms with Gasteiger partial charge in [0.15, 0.2) is 0 Å². The van der Waals surface area contributed by atoms with Crippen molar-refractivity contribution in [3.8, 4) is 11.8 Å². The number of nitrogens with zero attached hydrogens (tertiary/aromatic N) is 1. The Balaban J connectivity index is 2.88. The molecular weight excluding hydrogens is 236 g/mol. The van der Waals surface area contributed by atoms with Gasteiger partial charge in [0.05, 0.1) is 5.69 Å². The van der Waals surface area contributed by atoms with Crippen LogP contribution in [0.25, 0.3) is 0 Å². The molecule has 0 aliphatic carbocycles. The first kappa shape index (κ1) is 13.3. The molecule has 0 saturated carbocycles. The van der Waals surface area contributed by atoms with Crippen molar-refractivity contribution in [2.75, 3.05) is 5.32 Å². The summed E-state index contributed by atoms with van der Waals surface area (Å²) in [6.07, 6.45) is 0.432. The van der Waals surface area contributed by atoms with Crippen LogP contribution in [-0.4, -0.2) is 28.4 Å². The van der Waals surface area contributed by atoms with Crippen LogP contribution in [-0.2, 0) is 9.59 Å². The minimum Gasteiger partial charge on any atom is -0.481 e. The Morgan fingerprint density at radius 1 is 1.39 bits per heavy atom. The third kappa shape index (κ3) is 4.37. The number of hydrogen-bond acceptors (Lipinski definition) is 4. The fourth-order valence-corrected chi connectivity index (χ4v) is 1.13. The lowest BCUT2D eigenvalue weighted by Crippen LogP contribution is -2.13. The van der Waals surface area contributed by atoms with Crippen molar-refractivity contribution in [2.24, 2.45) is 5.16 Å². The molecule has 0 heterocycles. The second-order valence-corrected chi connectivity index (χ2v) is 3.15. The lowest BCUT2D eigenvalue weighted by Gasteiger charge is -2.03. The van der Waals surface area contributed by atoms with Gasteiger partial charge in [-0.25, -0.2) is 0 Å². The third-order valence-corrected chi connectivity index (χ3v) is 1.82. The lowest BCUT2D eigenvalue weighted by atomic mass is 10.1. The van der Waals surface area contributed by atoms with Crippen molar-refractivity contribution < 1.29 is 19.9 Å². The van der Waals surface area contributed by atoms with Crippen molar-refractivity contribution in [3.63, 3.8) is 0 Å². The fourth-order valence-electron chi connectivity index (χ4n) is 1.13. The number of carboxylic acid groups (broad SMARTS) is 1. The standard InChI is InChI=1S/C12H10N2O4/c15-11(8-13-18)14-10-6-2-1-4-9(10)5-3-7-12(16)17/h1-2,4,6,8,18H,7H2,(H,14,15)(H,16,17). The maximum atomic E-state index is 11.2. The van der Waals surface area contributed by atoms with Gasteiger partial charge >= 0.3 is 5.97 Å². The van der Waals surface area contributed by atoms with Gasteiger partial charge in [-0.15, -0.1) is 0 Å². The smallest absolute Gasteiger partial charge is 0.315 e. The van der Waals surface area contributed by atoms with Crippen molar-refractivity contribution in [2.45, 2.75) is 6.42 Å². The first-order valence-electron chi connectivity index (χ1n) is 4.91. The molecule has 0 fully saturated rings. The Morgan fingerprint density at radius 2 is 2.11 bits per heavy atom. The molecule has 1 amide bonds. The van der Waals surface area contributed by atoms with Gasteiger partial charge in [0.2, 0.25) is 0 Å². The number of carboxylic acids is 1. The molecule has 1 aromatic rings. The largest absolute Gasteiger partial charge is 0.481 e. The number of rotatable bonds is 3. The number of oxime groups is 1. The highest BCUT2D eigenvalue weighted by Crippen LogP contribution is 2.13. The highest BCUT2D eigenvalue weighted by Gasteiger charge is 2.02. The van der Waals surface area contributed by atoms with Crippen molar-refractivity contribution in [3.05, 3.63) is 29.8 Å². The first-order valence-corrected chi connectivity index (χ1v) is 4.91. The van der Waals surface area contributed by atoms with Gasteiger partial charge in [-0.1, -0.05) is 29.1 Å². The fraction of sp³-hybridized carbons (Fsp3) is 0.0833. The zero-order valence-electron chi connectivity index (χ0n) is 9.25. The summed E-state index contributed by atoms with van der Waals surface area (Å²) in [6, 6.07) is 6.64. The molecule has 92 valence electrons. The maximum Gasteiger partial charge on any atom is 0.315 e. The van der Waals surface area contributed by atoms with Crippen LogP contribution in [0.1, 0.15) is 12.0 Å². The molecule has 3 N–H and O–H groups in total. The average molecular weight is 246 g/mol. The highest BCUT2D eigenvalue weighted by molar-refractivity contribution is 6.31. The molecule has 0 saturated heterocycles. The number of carbonyl (C=O) groups is 2. The van der Waals surface area contributed by atoms with Gasteiger partial charge in [0.25, 0.3) is 5.91 Å². The number of anilines is 1. The topological polar surface area (TPSA) is 99.0 Å². The van der Waals surface area contributed by atoms with E-state index in [0.29, 0.717) is 17.5 Å². The number of nitrogens with one attached hydrogen (secondary N) is 1. The molecule has 0 unspecified atom stereocenters. The Bertz CT molecular complexity index is 540. The van der Waals surface area contributed by atoms with E-state index in [1.165, 1.54) is 0 Å². The number of amides is 1. The zero-order chi connectivity index (χ0) is 13.4. The van der Waals surface area contributed by atoms with E-state index in [4.69, 9.17) is 10.3 Å². The molecule has 1 aromatic carbocycles. The van der Waals surface area contributed by atoms with E-state index in [1.807, 2.05) is 0 Å². The predicted molar refractivity (Wildman–Crippen MR) is 64.5 cm³/mol. The van der Waals surface area contributed by atoms with Gasteiger partial charge in [-0.2, -0.15) is 0 Å². The average Bonchev–Trinajstić information content (AvgIpc) is 2.31. The Labute approximate surface area is 103 Å². The number of carbonyl (C=O) groups excluding carboxylic acids is 1. The minimum absolute atomic E-state index is 0.277. The molecule has 6 nitrogen and oxygen atoms in total. The zero-order valence-corrected chi connectivity index (χ0v) is 9.25. The molecule has 0 aromatic heterocycles. The van der Waals surface area contributed by atoms with Crippen LogP contribution in [0.15, 0.2) is 29.4 Å². The van der Waals surface area contributed by atoms with Crippen LogP contribution < -0.4 is 5.32 Å². The number of para-hydroxylation sites is 1. The van der Waals surface area contributed by atoms with Crippen molar-refractivity contribution in [1.29, 1.82) is 0 Å². The van der Waals surface area contributed by atoms with Crippen molar-refractivity contribution in [1.82, 2.24) is 0 Å². The summed E-state index contributed by atoms with van der Waals surface area (Å²) in [7, 11) is 0. The van der Waals surface area contributed by atoms with Crippen LogP contribution in [0.3, 0.4) is 0 Å². The van der Waals surface area contributed by atoms with E-state index in [9.17, 15) is 9.59 Å². The van der Waals surface area contributed by atoms with Crippen LogP contribution >= 0.6 is 0 Å². The van der Waals surface area contributed by atoms with Gasteiger partial charge < -0.3 is 15.6 Å². The number of hydrogen-bond donors (Lipinski definition) is 3. The molecule has 0 aliphatic heterocycles. The van der Waals surface area contributed by atoms with Gasteiger partial charge in [0, 0.05) is 5.56 Å². The van der Waals surface area contributed by atoms with Crippen molar-refractivity contribution >= 4 is 23.8 Å². The summed E-state index contributed by atoms with van der Waals surface area (Å²) in [5.41, 5.74) is 0.902. The Kier molecular flexibility index (Phi) is 4.94. The molecular formula is C12H10N2O4. The summed E-state index contributed by atoms with van der Waals surface area (Å²) in [5, 5.41) is 21.7. The van der Waals surface area contributed by atoms with Crippen LogP contribution in [0.5, 0.6) is 0 Å². The quantitative estimate of drug-likeness (QED) is 0.319. The summed E-state index contributed by atoms with van der Waals surface area (Å²) >= 11 is 0. The van der Waals surface area contributed by atoms with Gasteiger partial charge in [0.1, 0.15) is 12.6 Å². The Morgan fingerprint density at radius 3 is 2.78 bits per heavy atom. The minimum atomic E-state index is -1.02. The summed E-state index contributed by atoms with van der Waals surface area (Å²) in [5.74, 6) is 3.48. The number of benzene rings is 1. The predicted octanol–water partition coefficient (Wildman–Crippen LogP) is 0.911. The molecule has 18 heavy (non-hydrogen) atoms. The molecule has 1 rings (SSSR count). The molecule has 0 radical (unpaired) electrons. The Hall–Kier alpha value is -2.81. The van der Waals surface area contributed by atoms with Crippen LogP contribution in [0.2, 0.25) is 0 Å². The monoisotopic (exact) mass is 246 g/mol. The number of aliphatic carboxylic acids is 1. The highest BCUT2D eigenvalue weighted by atomic mass is 16.4. The summed E-state index contributed by atoms with van der Waals surface area (Å²) in [4.78, 5) is 21.5. The molecule has 6 heteroatoms. The lowest BCUT2D eigenvalue weighted by molar-refractivity contribution is -0.135. The third-order valence-electron chi connectivity index (χ3n) is 1.82. The van der Waals surface area contributed by atoms with E-state index >= 15 is 0 Å². The normalized spacial score (nSPS) is 9.56. The molecule has 0 bridgehead atoms. The van der Waals surface area contributed by atoms with Gasteiger partial charge in [-0.05, 0) is 12.1 Å². The summed E-state index contributed by atoms with van der Waals surface area (Å²) in [6.45, 7) is 0. The van der Waals surface area contributed by atoms with Crippen LogP contribution in [0.4, 0.5) is 5.69 Å². The second kappa shape index (κ2) is 6.70.